The van der Waals surface area contributed by atoms with Crippen LogP contribution in [0.2, 0.25) is 0 Å². The molecule has 144 valence electrons. The van der Waals surface area contributed by atoms with Crippen molar-refractivity contribution in [2.75, 3.05) is 18.5 Å². The maximum Gasteiger partial charge on any atom is 0.419 e. The Balaban J connectivity index is 1.87. The highest BCUT2D eigenvalue weighted by Crippen LogP contribution is 2.38. The molecule has 1 amide bonds. The van der Waals surface area contributed by atoms with Crippen LogP contribution in [0.5, 0.6) is 5.95 Å². The molecular weight excluding hydrogens is 435 g/mol. The zero-order chi connectivity index (χ0) is 19.6. The van der Waals surface area contributed by atoms with Gasteiger partial charge in [-0.1, -0.05) is 0 Å². The zero-order valence-electron chi connectivity index (χ0n) is 13.5. The van der Waals surface area contributed by atoms with Crippen molar-refractivity contribution in [1.29, 1.82) is 0 Å². The van der Waals surface area contributed by atoms with E-state index in [4.69, 9.17) is 19.6 Å². The number of aliphatic imine (C=N–C) groups is 1. The van der Waals surface area contributed by atoms with Crippen LogP contribution in [0.1, 0.15) is 5.56 Å². The van der Waals surface area contributed by atoms with E-state index in [-0.39, 0.29) is 24.1 Å². The molecule has 1 aliphatic rings. The van der Waals surface area contributed by atoms with Crippen LogP contribution >= 0.6 is 15.9 Å². The molecule has 3 N–H and O–H groups in total. The van der Waals surface area contributed by atoms with Crippen molar-refractivity contribution in [2.24, 2.45) is 10.7 Å². The van der Waals surface area contributed by atoms with Gasteiger partial charge in [0.1, 0.15) is 24.5 Å². The summed E-state index contributed by atoms with van der Waals surface area (Å²) in [4.78, 5) is 15.7. The summed E-state index contributed by atoms with van der Waals surface area (Å²) in [5, 5.41) is 2.31. The second-order valence-corrected chi connectivity index (χ2v) is 6.53. The Kier molecular flexibility index (Phi) is 5.42. The molecule has 1 atom stereocenters. The first kappa shape index (κ1) is 19.2. The van der Waals surface area contributed by atoms with Crippen molar-refractivity contribution in [1.82, 2.24) is 0 Å². The molecule has 11 heteroatoms. The van der Waals surface area contributed by atoms with Crippen molar-refractivity contribution < 1.29 is 31.9 Å². The van der Waals surface area contributed by atoms with Gasteiger partial charge in [-0.2, -0.15) is 0 Å². The average Bonchev–Trinajstić information content (AvgIpc) is 3.01. The summed E-state index contributed by atoms with van der Waals surface area (Å²) < 4.78 is 57.2. The highest BCUT2D eigenvalue weighted by Gasteiger charge is 2.46. The average molecular weight is 448 g/mol. The number of nitrogens with two attached hydrogens (primary N) is 1. The second kappa shape index (κ2) is 7.61. The minimum Gasteiger partial charge on any atom is -0.433 e. The van der Waals surface area contributed by atoms with Crippen LogP contribution in [0.3, 0.4) is 0 Å². The van der Waals surface area contributed by atoms with E-state index in [2.05, 4.69) is 26.2 Å². The zero-order valence-corrected chi connectivity index (χ0v) is 15.1. The van der Waals surface area contributed by atoms with Gasteiger partial charge in [-0.3, -0.25) is 10.3 Å². The Morgan fingerprint density at radius 3 is 2.81 bits per heavy atom. The van der Waals surface area contributed by atoms with Gasteiger partial charge in [-0.05, 0) is 34.1 Å². The predicted octanol–water partition coefficient (Wildman–Crippen LogP) is 3.64. The van der Waals surface area contributed by atoms with Crippen LogP contribution in [-0.2, 0) is 10.3 Å². The fraction of sp³-hybridized carbons (Fsp3) is 0.250. The molecule has 0 bridgehead atoms. The van der Waals surface area contributed by atoms with Gasteiger partial charge in [-0.25, -0.2) is 18.0 Å². The van der Waals surface area contributed by atoms with E-state index in [0.717, 1.165) is 12.1 Å². The molecule has 1 aromatic heterocycles. The Morgan fingerprint density at radius 2 is 2.19 bits per heavy atom. The SMILES string of the molecule is NC1=N[C@@](c2cc(NC(=O)Oc3cc(Br)co3)ccc2F)(C(F)F)COC1. The number of furan rings is 1. The number of rotatable bonds is 4. The minimum absolute atomic E-state index is 0.0152. The molecule has 0 saturated heterocycles. The molecule has 3 rings (SSSR count). The summed E-state index contributed by atoms with van der Waals surface area (Å²) >= 11 is 3.12. The third-order valence-electron chi connectivity index (χ3n) is 3.69. The summed E-state index contributed by atoms with van der Waals surface area (Å²) in [7, 11) is 0. The van der Waals surface area contributed by atoms with Crippen LogP contribution in [-0.4, -0.2) is 31.6 Å². The first-order valence-corrected chi connectivity index (χ1v) is 8.32. The van der Waals surface area contributed by atoms with Gasteiger partial charge in [0, 0.05) is 17.3 Å². The van der Waals surface area contributed by atoms with Crippen molar-refractivity contribution in [3.63, 3.8) is 0 Å². The van der Waals surface area contributed by atoms with Crippen LogP contribution in [0.15, 0.2) is 44.4 Å². The number of hydrogen-bond donors (Lipinski definition) is 2. The molecule has 2 heterocycles. The molecule has 0 fully saturated rings. The number of carbonyl (C=O) groups is 1. The highest BCUT2D eigenvalue weighted by molar-refractivity contribution is 9.10. The summed E-state index contributed by atoms with van der Waals surface area (Å²) in [6.45, 7) is -0.685. The van der Waals surface area contributed by atoms with Gasteiger partial charge in [0.05, 0.1) is 11.1 Å². The van der Waals surface area contributed by atoms with Crippen molar-refractivity contribution in [3.05, 3.63) is 46.4 Å². The van der Waals surface area contributed by atoms with E-state index in [1.165, 1.54) is 18.4 Å². The number of anilines is 1. The quantitative estimate of drug-likeness (QED) is 0.745. The predicted molar refractivity (Wildman–Crippen MR) is 92.6 cm³/mol. The smallest absolute Gasteiger partial charge is 0.419 e. The van der Waals surface area contributed by atoms with Gasteiger partial charge in [0.25, 0.3) is 12.4 Å². The third kappa shape index (κ3) is 4.08. The van der Waals surface area contributed by atoms with E-state index >= 15 is 0 Å². The summed E-state index contributed by atoms with van der Waals surface area (Å²) in [6.07, 6.45) is -2.74. The van der Waals surface area contributed by atoms with Crippen LogP contribution < -0.4 is 15.8 Å². The Morgan fingerprint density at radius 1 is 1.41 bits per heavy atom. The van der Waals surface area contributed by atoms with E-state index in [0.29, 0.717) is 4.47 Å². The lowest BCUT2D eigenvalue weighted by atomic mass is 9.90. The number of benzene rings is 1. The molecule has 2 aromatic rings. The van der Waals surface area contributed by atoms with E-state index in [9.17, 15) is 18.0 Å². The molecule has 0 spiro atoms. The standard InChI is InChI=1S/C16H13BrF3N3O4/c17-8-3-13(26-5-8)27-15(24)22-9-1-2-11(18)10(4-9)16(14(19)20)7-25-6-12(21)23-16/h1-5,14H,6-7H2,(H2,21,23)(H,22,24)/t16-/m0/s1. The summed E-state index contributed by atoms with van der Waals surface area (Å²) in [5.74, 6) is -1.21. The number of halogens is 4. The number of amidine groups is 1. The number of nitrogens with zero attached hydrogens (tertiary/aromatic N) is 1. The van der Waals surface area contributed by atoms with E-state index in [1.807, 2.05) is 0 Å². The molecule has 0 saturated carbocycles. The molecule has 0 unspecified atom stereocenters. The lowest BCUT2D eigenvalue weighted by Crippen LogP contribution is -2.45. The Labute approximate surface area is 159 Å². The van der Waals surface area contributed by atoms with Crippen molar-refractivity contribution in [3.8, 4) is 5.95 Å². The summed E-state index contributed by atoms with van der Waals surface area (Å²) in [6, 6.07) is 4.55. The number of nitrogens with one attached hydrogen (secondary N) is 1. The Bertz CT molecular complexity index is 890. The second-order valence-electron chi connectivity index (χ2n) is 5.61. The number of carbonyl (C=O) groups excluding carboxylic acids is 1. The van der Waals surface area contributed by atoms with Gasteiger partial charge in [0.15, 0.2) is 5.54 Å². The monoisotopic (exact) mass is 447 g/mol. The lowest BCUT2D eigenvalue weighted by molar-refractivity contribution is -0.0145. The van der Waals surface area contributed by atoms with Crippen LogP contribution in [0.25, 0.3) is 0 Å². The minimum atomic E-state index is -3.09. The van der Waals surface area contributed by atoms with Gasteiger partial charge in [0.2, 0.25) is 0 Å². The Hall–Kier alpha value is -2.53. The first-order chi connectivity index (χ1) is 12.8. The van der Waals surface area contributed by atoms with Crippen molar-refractivity contribution in [2.45, 2.75) is 12.0 Å². The molecule has 1 aliphatic heterocycles. The maximum atomic E-state index is 14.3. The number of hydrogen-bond acceptors (Lipinski definition) is 6. The van der Waals surface area contributed by atoms with Gasteiger partial charge < -0.3 is 19.6 Å². The topological polar surface area (TPSA) is 99.1 Å². The molecule has 0 radical (unpaired) electrons. The largest absolute Gasteiger partial charge is 0.433 e. The van der Waals surface area contributed by atoms with Crippen LogP contribution in [0, 0.1) is 5.82 Å². The fourth-order valence-corrected chi connectivity index (χ4v) is 2.80. The molecule has 27 heavy (non-hydrogen) atoms. The fourth-order valence-electron chi connectivity index (χ4n) is 2.52. The third-order valence-corrected chi connectivity index (χ3v) is 4.11. The lowest BCUT2D eigenvalue weighted by Gasteiger charge is -2.33. The van der Waals surface area contributed by atoms with E-state index in [1.54, 1.807) is 0 Å². The highest BCUT2D eigenvalue weighted by atomic mass is 79.9. The maximum absolute atomic E-state index is 14.3. The van der Waals surface area contributed by atoms with Gasteiger partial charge in [-0.15, -0.1) is 0 Å². The summed E-state index contributed by atoms with van der Waals surface area (Å²) in [5.41, 5.74) is 2.76. The number of alkyl halides is 2. The van der Waals surface area contributed by atoms with Gasteiger partial charge >= 0.3 is 6.09 Å². The molecule has 7 nitrogen and oxygen atoms in total. The molecular formula is C16H13BrF3N3O4. The first-order valence-electron chi connectivity index (χ1n) is 7.53. The molecule has 1 aromatic carbocycles. The van der Waals surface area contributed by atoms with Crippen LogP contribution in [0.4, 0.5) is 23.7 Å². The number of ether oxygens (including phenoxy) is 2. The normalized spacial score (nSPS) is 19.7. The molecule has 0 aliphatic carbocycles. The van der Waals surface area contributed by atoms with Crippen molar-refractivity contribution >= 4 is 33.5 Å². The number of amides is 1. The van der Waals surface area contributed by atoms with E-state index < -0.39 is 36.0 Å².